The van der Waals surface area contributed by atoms with Crippen molar-refractivity contribution >= 4 is 34.1 Å². The number of nitrogens with two attached hydrogens (primary N) is 1. The summed E-state index contributed by atoms with van der Waals surface area (Å²) in [6.45, 7) is 2.53. The van der Waals surface area contributed by atoms with Crippen LogP contribution < -0.4 is 15.8 Å². The number of rotatable bonds is 9. The van der Waals surface area contributed by atoms with Gasteiger partial charge in [0.15, 0.2) is 5.78 Å². The van der Waals surface area contributed by atoms with Gasteiger partial charge in [0, 0.05) is 24.2 Å². The topological polar surface area (TPSA) is 118 Å². The van der Waals surface area contributed by atoms with E-state index in [1.807, 2.05) is 0 Å². The monoisotopic (exact) mass is 425 g/mol. The molecule has 2 aromatic carbocycles. The molecule has 2 aromatic rings. The van der Waals surface area contributed by atoms with Crippen molar-refractivity contribution in [1.82, 2.24) is 10.0 Å². The Hall–Kier alpha value is -2.26. The summed E-state index contributed by atoms with van der Waals surface area (Å²) in [5, 5.41) is 2.76. The van der Waals surface area contributed by atoms with Crippen LogP contribution in [-0.2, 0) is 16.6 Å². The summed E-state index contributed by atoms with van der Waals surface area (Å²) in [5.41, 5.74) is 7.05. The molecule has 7 nitrogen and oxygen atoms in total. The molecule has 0 aliphatic heterocycles. The summed E-state index contributed by atoms with van der Waals surface area (Å²) in [7, 11) is -3.69. The van der Waals surface area contributed by atoms with E-state index in [2.05, 4.69) is 10.0 Å². The highest BCUT2D eigenvalue weighted by Crippen LogP contribution is 2.12. The van der Waals surface area contributed by atoms with Gasteiger partial charge in [0.25, 0.3) is 5.91 Å². The Morgan fingerprint density at radius 3 is 2.07 bits per heavy atom. The number of carbonyl (C=O) groups excluding carboxylic acids is 2. The first-order valence-corrected chi connectivity index (χ1v) is 9.99. The summed E-state index contributed by atoms with van der Waals surface area (Å²) < 4.78 is 27.2. The molecular formula is C19H24ClN3O4S. The third-order valence-electron chi connectivity index (χ3n) is 3.92. The third kappa shape index (κ3) is 6.72. The van der Waals surface area contributed by atoms with E-state index < -0.39 is 10.0 Å². The molecule has 0 aromatic heterocycles. The lowest BCUT2D eigenvalue weighted by Gasteiger charge is -2.08. The number of ketones is 1. The predicted octanol–water partition coefficient (Wildman–Crippen LogP) is 1.87. The van der Waals surface area contributed by atoms with Gasteiger partial charge in [0.1, 0.15) is 0 Å². The van der Waals surface area contributed by atoms with Gasteiger partial charge in [0.2, 0.25) is 10.0 Å². The maximum absolute atomic E-state index is 12.3. The molecule has 9 heteroatoms. The minimum Gasteiger partial charge on any atom is -0.352 e. The molecule has 0 saturated carbocycles. The van der Waals surface area contributed by atoms with E-state index in [1.165, 1.54) is 31.2 Å². The molecule has 0 unspecified atom stereocenters. The average Bonchev–Trinajstić information content (AvgIpc) is 2.67. The molecular weight excluding hydrogens is 402 g/mol. The Morgan fingerprint density at radius 2 is 1.54 bits per heavy atom. The molecule has 0 spiro atoms. The van der Waals surface area contributed by atoms with Crippen LogP contribution in [-0.4, -0.2) is 33.2 Å². The lowest BCUT2D eigenvalue weighted by molar-refractivity contribution is 0.0952. The molecule has 28 heavy (non-hydrogen) atoms. The average molecular weight is 426 g/mol. The Morgan fingerprint density at radius 1 is 0.964 bits per heavy atom. The largest absolute Gasteiger partial charge is 0.352 e. The maximum atomic E-state index is 12.3. The second kappa shape index (κ2) is 10.9. The Bertz CT molecular complexity index is 898. The van der Waals surface area contributed by atoms with Crippen molar-refractivity contribution in [1.29, 1.82) is 0 Å². The highest BCUT2D eigenvalue weighted by Gasteiger charge is 2.14. The van der Waals surface area contributed by atoms with Gasteiger partial charge < -0.3 is 11.1 Å². The summed E-state index contributed by atoms with van der Waals surface area (Å²) in [6.07, 6.45) is 0.707. The fourth-order valence-electron chi connectivity index (χ4n) is 2.31. The number of sulfonamides is 1. The second-order valence-electron chi connectivity index (χ2n) is 6.00. The van der Waals surface area contributed by atoms with Gasteiger partial charge in [-0.25, -0.2) is 13.1 Å². The van der Waals surface area contributed by atoms with Crippen LogP contribution >= 0.6 is 12.4 Å². The molecule has 0 heterocycles. The molecule has 0 fully saturated rings. The molecule has 0 saturated heterocycles. The molecule has 0 aliphatic carbocycles. The number of carbonyl (C=O) groups is 2. The Kier molecular flexibility index (Phi) is 9.27. The van der Waals surface area contributed by atoms with Gasteiger partial charge in [-0.05, 0) is 49.7 Å². The van der Waals surface area contributed by atoms with Crippen LogP contribution in [0.15, 0.2) is 53.4 Å². The zero-order valence-corrected chi connectivity index (χ0v) is 17.1. The number of halogens is 1. The number of Topliss-reactive ketones (excluding diaryl/α,β-unsaturated/α-hetero) is 1. The Labute approximate surface area is 171 Å². The molecule has 4 N–H and O–H groups in total. The van der Waals surface area contributed by atoms with Gasteiger partial charge in [-0.2, -0.15) is 0 Å². The van der Waals surface area contributed by atoms with Crippen molar-refractivity contribution in [2.45, 2.75) is 24.8 Å². The van der Waals surface area contributed by atoms with E-state index in [-0.39, 0.29) is 35.5 Å². The number of hydrogen-bond acceptors (Lipinski definition) is 5. The van der Waals surface area contributed by atoms with Gasteiger partial charge in [-0.15, -0.1) is 12.4 Å². The van der Waals surface area contributed by atoms with E-state index in [1.54, 1.807) is 24.3 Å². The van der Waals surface area contributed by atoms with Crippen LogP contribution in [0.4, 0.5) is 0 Å². The lowest BCUT2D eigenvalue weighted by Crippen LogP contribution is -2.26. The summed E-state index contributed by atoms with van der Waals surface area (Å²) >= 11 is 0. The van der Waals surface area contributed by atoms with Gasteiger partial charge >= 0.3 is 0 Å². The fraction of sp³-hybridized carbons (Fsp3) is 0.263. The number of nitrogens with one attached hydrogen (secondary N) is 2. The summed E-state index contributed by atoms with van der Waals surface area (Å²) in [4.78, 5) is 23.3. The second-order valence-corrected chi connectivity index (χ2v) is 7.77. The van der Waals surface area contributed by atoms with Crippen LogP contribution in [0.2, 0.25) is 0 Å². The molecule has 0 atom stereocenters. The highest BCUT2D eigenvalue weighted by molar-refractivity contribution is 7.89. The van der Waals surface area contributed by atoms with Crippen LogP contribution in [0.5, 0.6) is 0 Å². The zero-order chi connectivity index (χ0) is 19.9. The maximum Gasteiger partial charge on any atom is 0.251 e. The van der Waals surface area contributed by atoms with Gasteiger partial charge in [0.05, 0.1) is 4.90 Å². The van der Waals surface area contributed by atoms with Crippen LogP contribution in [0.3, 0.4) is 0 Å². The van der Waals surface area contributed by atoms with Gasteiger partial charge in [-0.1, -0.05) is 24.3 Å². The molecule has 152 valence electrons. The highest BCUT2D eigenvalue weighted by atomic mass is 35.5. The lowest BCUT2D eigenvalue weighted by atomic mass is 10.1. The normalized spacial score (nSPS) is 10.8. The van der Waals surface area contributed by atoms with Crippen molar-refractivity contribution in [2.24, 2.45) is 5.73 Å². The first-order valence-electron chi connectivity index (χ1n) is 8.51. The van der Waals surface area contributed by atoms with Crippen molar-refractivity contribution < 1.29 is 18.0 Å². The zero-order valence-electron chi connectivity index (χ0n) is 15.5. The summed E-state index contributed by atoms with van der Waals surface area (Å²) in [6, 6.07) is 12.4. The third-order valence-corrected chi connectivity index (χ3v) is 5.34. The number of amides is 1. The number of hydrogen-bond donors (Lipinski definition) is 3. The minimum atomic E-state index is -3.69. The Balaban J connectivity index is 0.00000392. The standard InChI is InChI=1S/C19H23N3O4S.ClH/c1-14(23)16-7-9-18(10-8-16)27(25,26)22-13-15-3-5-17(6-4-15)19(24)21-12-2-11-20;/h3-10,22H,2,11-13,20H2,1H3,(H,21,24);1H. The van der Waals surface area contributed by atoms with Crippen molar-refractivity contribution in [3.8, 4) is 0 Å². The number of benzene rings is 2. The van der Waals surface area contributed by atoms with E-state index in [0.717, 1.165) is 5.56 Å². The molecule has 0 aliphatic rings. The molecule has 0 radical (unpaired) electrons. The van der Waals surface area contributed by atoms with E-state index in [0.29, 0.717) is 30.6 Å². The quantitative estimate of drug-likeness (QED) is 0.418. The van der Waals surface area contributed by atoms with E-state index in [9.17, 15) is 18.0 Å². The van der Waals surface area contributed by atoms with Crippen LogP contribution in [0.1, 0.15) is 39.6 Å². The fourth-order valence-corrected chi connectivity index (χ4v) is 3.33. The minimum absolute atomic E-state index is 0. The van der Waals surface area contributed by atoms with Gasteiger partial charge in [-0.3, -0.25) is 9.59 Å². The molecule has 1 amide bonds. The van der Waals surface area contributed by atoms with Crippen LogP contribution in [0.25, 0.3) is 0 Å². The first kappa shape index (κ1) is 23.8. The van der Waals surface area contributed by atoms with Crippen LogP contribution in [0, 0.1) is 0 Å². The van der Waals surface area contributed by atoms with Crippen molar-refractivity contribution in [3.63, 3.8) is 0 Å². The molecule has 2 rings (SSSR count). The summed E-state index contributed by atoms with van der Waals surface area (Å²) in [5.74, 6) is -0.319. The smallest absolute Gasteiger partial charge is 0.251 e. The van der Waals surface area contributed by atoms with E-state index in [4.69, 9.17) is 5.73 Å². The molecule has 0 bridgehead atoms. The van der Waals surface area contributed by atoms with Crippen molar-refractivity contribution in [3.05, 3.63) is 65.2 Å². The SMILES string of the molecule is CC(=O)c1ccc(S(=O)(=O)NCc2ccc(C(=O)NCCCN)cc2)cc1.Cl. The first-order chi connectivity index (χ1) is 12.8. The van der Waals surface area contributed by atoms with Crippen molar-refractivity contribution in [2.75, 3.05) is 13.1 Å². The van der Waals surface area contributed by atoms with E-state index >= 15 is 0 Å². The predicted molar refractivity (Wildman–Crippen MR) is 110 cm³/mol.